The first-order chi connectivity index (χ1) is 9.92. The first kappa shape index (κ1) is 16.1. The molecule has 0 amide bonds. The molecule has 1 aromatic heterocycles. The summed E-state index contributed by atoms with van der Waals surface area (Å²) in [7, 11) is 0. The van der Waals surface area contributed by atoms with Gasteiger partial charge in [-0.2, -0.15) is 0 Å². The summed E-state index contributed by atoms with van der Waals surface area (Å²) in [6.45, 7) is 9.02. The molecule has 0 saturated carbocycles. The van der Waals surface area contributed by atoms with Gasteiger partial charge in [0.2, 0.25) is 0 Å². The highest BCUT2D eigenvalue weighted by atomic mass is 35.5. The van der Waals surface area contributed by atoms with Crippen LogP contribution in [0.1, 0.15) is 38.1 Å². The van der Waals surface area contributed by atoms with E-state index in [0.29, 0.717) is 10.0 Å². The predicted molar refractivity (Wildman–Crippen MR) is 90.5 cm³/mol. The van der Waals surface area contributed by atoms with E-state index in [9.17, 15) is 0 Å². The number of nitrogens with one attached hydrogen (secondary N) is 1. The van der Waals surface area contributed by atoms with E-state index in [0.717, 1.165) is 35.0 Å². The van der Waals surface area contributed by atoms with Gasteiger partial charge in [0, 0.05) is 33.6 Å². The Bertz CT molecular complexity index is 634. The lowest BCUT2D eigenvalue weighted by Crippen LogP contribution is -2.09. The van der Waals surface area contributed by atoms with Crippen LogP contribution in [0.15, 0.2) is 18.2 Å². The Morgan fingerprint density at radius 1 is 1.10 bits per heavy atom. The molecule has 21 heavy (non-hydrogen) atoms. The van der Waals surface area contributed by atoms with Crippen LogP contribution in [0.5, 0.6) is 0 Å². The molecule has 2 aromatic rings. The van der Waals surface area contributed by atoms with Gasteiger partial charge in [0.1, 0.15) is 11.6 Å². The number of nitrogens with zero attached hydrogens (tertiary/aromatic N) is 2. The maximum Gasteiger partial charge on any atom is 0.133 e. The van der Waals surface area contributed by atoms with Crippen molar-refractivity contribution >= 4 is 29.0 Å². The maximum absolute atomic E-state index is 6.11. The summed E-state index contributed by atoms with van der Waals surface area (Å²) in [5, 5.41) is 4.50. The Morgan fingerprint density at radius 2 is 1.71 bits per heavy atom. The molecule has 0 saturated heterocycles. The number of aromatic nitrogens is 2. The van der Waals surface area contributed by atoms with Gasteiger partial charge < -0.3 is 5.32 Å². The van der Waals surface area contributed by atoms with E-state index >= 15 is 0 Å². The lowest BCUT2D eigenvalue weighted by molar-refractivity contribution is 0.774. The quantitative estimate of drug-likeness (QED) is 0.828. The molecule has 5 heteroatoms. The number of anilines is 1. The molecule has 0 aliphatic rings. The Morgan fingerprint density at radius 3 is 2.24 bits per heavy atom. The van der Waals surface area contributed by atoms with Gasteiger partial charge in [-0.05, 0) is 32.0 Å². The number of hydrogen-bond donors (Lipinski definition) is 1. The molecular formula is C16H19Cl2N3. The molecule has 0 unspecified atom stereocenters. The molecule has 1 N–H and O–H groups in total. The molecule has 0 aliphatic carbocycles. The van der Waals surface area contributed by atoms with Gasteiger partial charge in [0.05, 0.1) is 5.69 Å². The third kappa shape index (κ3) is 3.66. The second-order valence-corrected chi connectivity index (χ2v) is 6.12. The van der Waals surface area contributed by atoms with Crippen molar-refractivity contribution < 1.29 is 0 Å². The summed E-state index contributed by atoms with van der Waals surface area (Å²) in [5.41, 5.74) is 2.78. The van der Waals surface area contributed by atoms with E-state index in [4.69, 9.17) is 28.2 Å². The summed E-state index contributed by atoms with van der Waals surface area (Å²) in [6, 6.07) is 5.48. The second kappa shape index (κ2) is 6.63. The van der Waals surface area contributed by atoms with Crippen LogP contribution in [0, 0.1) is 6.92 Å². The van der Waals surface area contributed by atoms with E-state index in [1.54, 1.807) is 6.07 Å². The summed E-state index contributed by atoms with van der Waals surface area (Å²) in [6.07, 6.45) is 0. The molecule has 0 fully saturated rings. The Balaban J connectivity index is 2.65. The fourth-order valence-corrected chi connectivity index (χ4v) is 2.63. The lowest BCUT2D eigenvalue weighted by atomic mass is 10.1. The molecular weight excluding hydrogens is 305 g/mol. The average molecular weight is 324 g/mol. The van der Waals surface area contributed by atoms with Crippen molar-refractivity contribution in [3.63, 3.8) is 0 Å². The van der Waals surface area contributed by atoms with Gasteiger partial charge in [0.15, 0.2) is 0 Å². The molecule has 112 valence electrons. The van der Waals surface area contributed by atoms with E-state index in [1.807, 2.05) is 26.0 Å². The van der Waals surface area contributed by atoms with Gasteiger partial charge in [-0.1, -0.05) is 37.0 Å². The van der Waals surface area contributed by atoms with Crippen LogP contribution < -0.4 is 5.32 Å². The second-order valence-electron chi connectivity index (χ2n) is 5.25. The Kier molecular flexibility index (Phi) is 5.07. The molecule has 1 heterocycles. The minimum atomic E-state index is 0.247. The first-order valence-electron chi connectivity index (χ1n) is 7.01. The molecule has 0 bridgehead atoms. The SMILES string of the molecule is CCNc1nc(C(C)C)nc(-c2cc(Cl)cc(Cl)c2)c1C. The highest BCUT2D eigenvalue weighted by molar-refractivity contribution is 6.35. The predicted octanol–water partition coefficient (Wildman–Crippen LogP) is 5.31. The van der Waals surface area contributed by atoms with Crippen molar-refractivity contribution in [1.82, 2.24) is 9.97 Å². The minimum absolute atomic E-state index is 0.247. The van der Waals surface area contributed by atoms with Crippen LogP contribution in [0.4, 0.5) is 5.82 Å². The van der Waals surface area contributed by atoms with E-state index in [-0.39, 0.29) is 5.92 Å². The smallest absolute Gasteiger partial charge is 0.133 e. The van der Waals surface area contributed by atoms with Crippen molar-refractivity contribution in [2.45, 2.75) is 33.6 Å². The molecule has 0 atom stereocenters. The Hall–Kier alpha value is -1.32. The van der Waals surface area contributed by atoms with E-state index in [2.05, 4.69) is 24.1 Å². The molecule has 0 aliphatic heterocycles. The molecule has 3 nitrogen and oxygen atoms in total. The summed E-state index contributed by atoms with van der Waals surface area (Å²) in [4.78, 5) is 9.30. The van der Waals surface area contributed by atoms with Gasteiger partial charge in [-0.25, -0.2) is 9.97 Å². The molecule has 1 aromatic carbocycles. The van der Waals surface area contributed by atoms with Gasteiger partial charge in [-0.15, -0.1) is 0 Å². The zero-order chi connectivity index (χ0) is 15.6. The van der Waals surface area contributed by atoms with Crippen LogP contribution in [0.25, 0.3) is 11.3 Å². The standard InChI is InChI=1S/C16H19Cl2N3/c1-5-19-16-10(4)14(20-15(21-16)9(2)3)11-6-12(17)8-13(18)7-11/h6-9H,5H2,1-4H3,(H,19,20,21). The van der Waals surface area contributed by atoms with Crippen molar-refractivity contribution in [2.24, 2.45) is 0 Å². The Labute approximate surface area is 135 Å². The van der Waals surface area contributed by atoms with Crippen LogP contribution >= 0.6 is 23.2 Å². The zero-order valence-electron chi connectivity index (χ0n) is 12.7. The normalized spacial score (nSPS) is 11.0. The summed E-state index contributed by atoms with van der Waals surface area (Å²) >= 11 is 12.2. The van der Waals surface area contributed by atoms with E-state index < -0.39 is 0 Å². The average Bonchev–Trinajstić information content (AvgIpc) is 2.39. The van der Waals surface area contributed by atoms with Crippen LogP contribution in [-0.2, 0) is 0 Å². The van der Waals surface area contributed by atoms with Crippen LogP contribution in [-0.4, -0.2) is 16.5 Å². The van der Waals surface area contributed by atoms with Crippen LogP contribution in [0.2, 0.25) is 10.0 Å². The monoisotopic (exact) mass is 323 g/mol. The maximum atomic E-state index is 6.11. The highest BCUT2D eigenvalue weighted by Gasteiger charge is 2.15. The van der Waals surface area contributed by atoms with Crippen molar-refractivity contribution in [3.8, 4) is 11.3 Å². The van der Waals surface area contributed by atoms with Crippen molar-refractivity contribution in [1.29, 1.82) is 0 Å². The number of rotatable bonds is 4. The topological polar surface area (TPSA) is 37.8 Å². The number of halogens is 2. The van der Waals surface area contributed by atoms with Gasteiger partial charge >= 0.3 is 0 Å². The van der Waals surface area contributed by atoms with Crippen molar-refractivity contribution in [2.75, 3.05) is 11.9 Å². The summed E-state index contributed by atoms with van der Waals surface area (Å²) < 4.78 is 0. The largest absolute Gasteiger partial charge is 0.370 e. The van der Waals surface area contributed by atoms with Crippen LogP contribution in [0.3, 0.4) is 0 Å². The molecule has 0 spiro atoms. The van der Waals surface area contributed by atoms with E-state index in [1.165, 1.54) is 0 Å². The number of hydrogen-bond acceptors (Lipinski definition) is 3. The highest BCUT2D eigenvalue weighted by Crippen LogP contribution is 2.31. The molecule has 2 rings (SSSR count). The van der Waals surface area contributed by atoms with Gasteiger partial charge in [0.25, 0.3) is 0 Å². The number of benzene rings is 1. The minimum Gasteiger partial charge on any atom is -0.370 e. The fourth-order valence-electron chi connectivity index (χ4n) is 2.10. The lowest BCUT2D eigenvalue weighted by Gasteiger charge is -2.15. The third-order valence-electron chi connectivity index (χ3n) is 3.16. The third-order valence-corrected chi connectivity index (χ3v) is 3.60. The zero-order valence-corrected chi connectivity index (χ0v) is 14.2. The first-order valence-corrected chi connectivity index (χ1v) is 7.76. The summed E-state index contributed by atoms with van der Waals surface area (Å²) in [5.74, 6) is 1.92. The van der Waals surface area contributed by atoms with Crippen molar-refractivity contribution in [3.05, 3.63) is 39.6 Å². The fraction of sp³-hybridized carbons (Fsp3) is 0.375. The molecule has 0 radical (unpaired) electrons. The van der Waals surface area contributed by atoms with Gasteiger partial charge in [-0.3, -0.25) is 0 Å².